The van der Waals surface area contributed by atoms with Crippen LogP contribution in [0, 0.1) is 6.92 Å². The number of thiocarbonyl (C=S) groups is 1. The maximum atomic E-state index is 5.68. The van der Waals surface area contributed by atoms with Gasteiger partial charge in [0.25, 0.3) is 0 Å². The maximum Gasteiger partial charge on any atom is 0.172 e. The fraction of sp³-hybridized carbons (Fsp3) is 0.368. The molecule has 0 aliphatic heterocycles. The molecular formula is C19H25N3O2S. The molecule has 0 aliphatic carbocycles. The molecule has 1 aromatic carbocycles. The van der Waals surface area contributed by atoms with Crippen molar-refractivity contribution in [3.63, 3.8) is 0 Å². The molecule has 0 unspecified atom stereocenters. The van der Waals surface area contributed by atoms with Crippen molar-refractivity contribution in [1.82, 2.24) is 10.3 Å². The quantitative estimate of drug-likeness (QED) is 0.722. The summed E-state index contributed by atoms with van der Waals surface area (Å²) >= 11 is 5.38. The number of aromatic nitrogens is 1. The second-order valence-electron chi connectivity index (χ2n) is 5.61. The van der Waals surface area contributed by atoms with E-state index in [2.05, 4.69) is 15.6 Å². The number of pyridine rings is 1. The van der Waals surface area contributed by atoms with Crippen molar-refractivity contribution in [2.45, 2.75) is 33.7 Å². The van der Waals surface area contributed by atoms with Gasteiger partial charge in [0.2, 0.25) is 0 Å². The Morgan fingerprint density at radius 1 is 1.12 bits per heavy atom. The largest absolute Gasteiger partial charge is 0.490 e. The molecule has 0 radical (unpaired) electrons. The van der Waals surface area contributed by atoms with E-state index in [4.69, 9.17) is 21.7 Å². The van der Waals surface area contributed by atoms with E-state index in [1.807, 2.05) is 58.0 Å². The van der Waals surface area contributed by atoms with E-state index in [-0.39, 0.29) is 6.04 Å². The first-order valence-electron chi connectivity index (χ1n) is 8.43. The molecule has 2 N–H and O–H groups in total. The Balaban J connectivity index is 2.03. The SMILES string of the molecule is CCOc1ccc([C@@H](C)NC(=S)Nc2ccc(C)cn2)cc1OCC. The molecule has 2 rings (SSSR count). The summed E-state index contributed by atoms with van der Waals surface area (Å²) in [6.07, 6.45) is 1.80. The van der Waals surface area contributed by atoms with Crippen molar-refractivity contribution in [3.05, 3.63) is 47.7 Å². The minimum Gasteiger partial charge on any atom is -0.490 e. The summed E-state index contributed by atoms with van der Waals surface area (Å²) < 4.78 is 11.3. The lowest BCUT2D eigenvalue weighted by Gasteiger charge is -2.19. The molecule has 1 atom stereocenters. The summed E-state index contributed by atoms with van der Waals surface area (Å²) in [5.74, 6) is 2.22. The third kappa shape index (κ3) is 5.60. The molecule has 2 aromatic rings. The minimum atomic E-state index is 0.0142. The van der Waals surface area contributed by atoms with Gasteiger partial charge in [-0.3, -0.25) is 0 Å². The Morgan fingerprint density at radius 3 is 2.48 bits per heavy atom. The topological polar surface area (TPSA) is 55.4 Å². The average Bonchev–Trinajstić information content (AvgIpc) is 2.59. The lowest BCUT2D eigenvalue weighted by atomic mass is 10.1. The molecule has 6 heteroatoms. The molecule has 25 heavy (non-hydrogen) atoms. The Morgan fingerprint density at radius 2 is 1.84 bits per heavy atom. The van der Waals surface area contributed by atoms with Crippen LogP contribution in [0.4, 0.5) is 5.82 Å². The van der Waals surface area contributed by atoms with Gasteiger partial charge in [-0.1, -0.05) is 12.1 Å². The highest BCUT2D eigenvalue weighted by Crippen LogP contribution is 2.30. The van der Waals surface area contributed by atoms with Gasteiger partial charge in [-0.2, -0.15) is 0 Å². The smallest absolute Gasteiger partial charge is 0.172 e. The lowest BCUT2D eigenvalue weighted by Crippen LogP contribution is -2.31. The van der Waals surface area contributed by atoms with Crippen LogP contribution in [0.3, 0.4) is 0 Å². The number of aryl methyl sites for hydroxylation is 1. The molecule has 0 amide bonds. The van der Waals surface area contributed by atoms with Gasteiger partial charge in [0.05, 0.1) is 19.3 Å². The summed E-state index contributed by atoms with van der Waals surface area (Å²) in [7, 11) is 0. The number of hydrogen-bond acceptors (Lipinski definition) is 4. The van der Waals surface area contributed by atoms with Crippen LogP contribution in [0.15, 0.2) is 36.5 Å². The third-order valence-electron chi connectivity index (χ3n) is 3.57. The number of benzene rings is 1. The van der Waals surface area contributed by atoms with E-state index in [0.717, 1.165) is 28.4 Å². The van der Waals surface area contributed by atoms with E-state index in [9.17, 15) is 0 Å². The molecule has 1 heterocycles. The molecule has 0 saturated heterocycles. The highest BCUT2D eigenvalue weighted by Gasteiger charge is 2.12. The molecule has 0 spiro atoms. The average molecular weight is 359 g/mol. The van der Waals surface area contributed by atoms with Gasteiger partial charge in [-0.25, -0.2) is 4.98 Å². The van der Waals surface area contributed by atoms with Gasteiger partial charge in [-0.15, -0.1) is 0 Å². The first kappa shape index (κ1) is 19.0. The van der Waals surface area contributed by atoms with Crippen LogP contribution >= 0.6 is 12.2 Å². The van der Waals surface area contributed by atoms with Gasteiger partial charge in [0, 0.05) is 6.20 Å². The summed E-state index contributed by atoms with van der Waals surface area (Å²) in [6, 6.07) is 9.83. The molecule has 0 fully saturated rings. The van der Waals surface area contributed by atoms with Crippen LogP contribution in [0.2, 0.25) is 0 Å². The molecule has 5 nitrogen and oxygen atoms in total. The van der Waals surface area contributed by atoms with Crippen molar-refractivity contribution >= 4 is 23.1 Å². The first-order valence-corrected chi connectivity index (χ1v) is 8.84. The Labute approximate surface area is 154 Å². The van der Waals surface area contributed by atoms with Crippen LogP contribution < -0.4 is 20.1 Å². The highest BCUT2D eigenvalue weighted by molar-refractivity contribution is 7.80. The zero-order valence-corrected chi connectivity index (χ0v) is 15.9. The number of rotatable bonds is 7. The zero-order valence-electron chi connectivity index (χ0n) is 15.1. The molecule has 1 aromatic heterocycles. The Bertz CT molecular complexity index is 704. The Hall–Kier alpha value is -2.34. The maximum absolute atomic E-state index is 5.68. The van der Waals surface area contributed by atoms with Gasteiger partial charge in [-0.05, 0) is 69.2 Å². The second kappa shape index (κ2) is 9.22. The highest BCUT2D eigenvalue weighted by atomic mass is 32.1. The van der Waals surface area contributed by atoms with Crippen molar-refractivity contribution in [2.24, 2.45) is 0 Å². The van der Waals surface area contributed by atoms with E-state index >= 15 is 0 Å². The normalized spacial score (nSPS) is 11.5. The predicted octanol–water partition coefficient (Wildman–Crippen LogP) is 4.24. The van der Waals surface area contributed by atoms with Crippen molar-refractivity contribution in [2.75, 3.05) is 18.5 Å². The van der Waals surface area contributed by atoms with Crippen LogP contribution in [0.5, 0.6) is 11.5 Å². The van der Waals surface area contributed by atoms with Crippen LogP contribution in [-0.4, -0.2) is 23.3 Å². The molecule has 0 bridgehead atoms. The van der Waals surface area contributed by atoms with E-state index < -0.39 is 0 Å². The van der Waals surface area contributed by atoms with Crippen molar-refractivity contribution in [1.29, 1.82) is 0 Å². The van der Waals surface area contributed by atoms with Gasteiger partial charge < -0.3 is 20.1 Å². The van der Waals surface area contributed by atoms with Gasteiger partial charge in [0.15, 0.2) is 16.6 Å². The summed E-state index contributed by atoms with van der Waals surface area (Å²) in [5.41, 5.74) is 2.17. The number of nitrogens with one attached hydrogen (secondary N) is 2. The fourth-order valence-electron chi connectivity index (χ4n) is 2.31. The van der Waals surface area contributed by atoms with Gasteiger partial charge in [0.1, 0.15) is 5.82 Å². The zero-order chi connectivity index (χ0) is 18.2. The lowest BCUT2D eigenvalue weighted by molar-refractivity contribution is 0.287. The predicted molar refractivity (Wildman–Crippen MR) is 106 cm³/mol. The van der Waals surface area contributed by atoms with Crippen LogP contribution in [0.1, 0.15) is 37.9 Å². The van der Waals surface area contributed by atoms with Crippen molar-refractivity contribution in [3.8, 4) is 11.5 Å². The molecular weight excluding hydrogens is 334 g/mol. The first-order chi connectivity index (χ1) is 12.0. The second-order valence-corrected chi connectivity index (χ2v) is 6.02. The summed E-state index contributed by atoms with van der Waals surface area (Å²) in [5, 5.41) is 6.88. The van der Waals surface area contributed by atoms with Crippen LogP contribution in [-0.2, 0) is 0 Å². The van der Waals surface area contributed by atoms with Gasteiger partial charge >= 0.3 is 0 Å². The van der Waals surface area contributed by atoms with E-state index in [0.29, 0.717) is 18.3 Å². The number of anilines is 1. The van der Waals surface area contributed by atoms with E-state index in [1.165, 1.54) is 0 Å². The summed E-state index contributed by atoms with van der Waals surface area (Å²) in [6.45, 7) is 9.14. The molecule has 134 valence electrons. The third-order valence-corrected chi connectivity index (χ3v) is 3.79. The standard InChI is InChI=1S/C19H25N3O2S/c1-5-23-16-9-8-15(11-17(16)24-6-2)14(4)21-19(25)22-18-10-7-13(3)12-20-18/h7-12,14H,5-6H2,1-4H3,(H2,20,21,22,25)/t14-/m1/s1. The van der Waals surface area contributed by atoms with E-state index in [1.54, 1.807) is 6.20 Å². The van der Waals surface area contributed by atoms with Crippen LogP contribution in [0.25, 0.3) is 0 Å². The summed E-state index contributed by atoms with van der Waals surface area (Å²) in [4.78, 5) is 4.29. The van der Waals surface area contributed by atoms with Crippen molar-refractivity contribution < 1.29 is 9.47 Å². The number of nitrogens with zero attached hydrogens (tertiary/aromatic N) is 1. The Kier molecular flexibility index (Phi) is 7.01. The number of hydrogen-bond donors (Lipinski definition) is 2. The molecule has 0 saturated carbocycles. The minimum absolute atomic E-state index is 0.0142. The molecule has 0 aliphatic rings. The number of ether oxygens (including phenoxy) is 2. The fourth-order valence-corrected chi connectivity index (χ4v) is 2.59. The monoisotopic (exact) mass is 359 g/mol.